The smallest absolute Gasteiger partial charge is 0.143 e. The highest BCUT2D eigenvalue weighted by atomic mass is 127. The van der Waals surface area contributed by atoms with Gasteiger partial charge in [0.05, 0.1) is 5.69 Å². The summed E-state index contributed by atoms with van der Waals surface area (Å²) < 4.78 is 0.836. The van der Waals surface area contributed by atoms with Gasteiger partial charge in [-0.1, -0.05) is 6.07 Å². The van der Waals surface area contributed by atoms with Crippen molar-refractivity contribution in [1.29, 1.82) is 0 Å². The molecule has 0 aliphatic rings. The number of aliphatic imine (C=N–C) groups is 1. The summed E-state index contributed by atoms with van der Waals surface area (Å²) in [6.07, 6.45) is 4.80. The number of nitrogens with zero attached hydrogens (tertiary/aromatic N) is 2. The highest BCUT2D eigenvalue weighted by Crippen LogP contribution is 2.23. The molecule has 1 heterocycles. The molecule has 0 bridgehead atoms. The molecular weight excluding hydrogens is 357 g/mol. The largest absolute Gasteiger partial charge is 0.405 e. The molecule has 0 fully saturated rings. The van der Waals surface area contributed by atoms with Crippen molar-refractivity contribution in [3.63, 3.8) is 0 Å². The van der Waals surface area contributed by atoms with Crippen molar-refractivity contribution in [3.8, 4) is 0 Å². The second-order valence-electron chi connectivity index (χ2n) is 2.40. The molecule has 1 aromatic rings. The van der Waals surface area contributed by atoms with Gasteiger partial charge in [-0.15, -0.1) is 0 Å². The molecule has 2 N–H and O–H groups in total. The fourth-order valence-electron chi connectivity index (χ4n) is 0.808. The monoisotopic (exact) mass is 365 g/mol. The van der Waals surface area contributed by atoms with Crippen LogP contribution in [-0.4, -0.2) is 11.2 Å². The zero-order chi connectivity index (χ0) is 10.4. The Morgan fingerprint density at radius 3 is 3.00 bits per heavy atom. The standard InChI is InChI=1S/C9H9BrIN3/c10-8-4-1-3-7(14-8)9(11)13-6-2-5-12/h1-6,9H,12H2/b5-2-,13-6?. The molecule has 0 saturated heterocycles. The summed E-state index contributed by atoms with van der Waals surface area (Å²) in [4.78, 5) is 8.53. The molecule has 0 spiro atoms. The van der Waals surface area contributed by atoms with E-state index in [4.69, 9.17) is 5.73 Å². The lowest BCUT2D eigenvalue weighted by molar-refractivity contribution is 0.991. The molecule has 14 heavy (non-hydrogen) atoms. The van der Waals surface area contributed by atoms with Gasteiger partial charge in [0, 0.05) is 6.21 Å². The Hall–Kier alpha value is -0.430. The van der Waals surface area contributed by atoms with Gasteiger partial charge in [0.25, 0.3) is 0 Å². The van der Waals surface area contributed by atoms with Crippen LogP contribution < -0.4 is 5.73 Å². The van der Waals surface area contributed by atoms with E-state index in [2.05, 4.69) is 48.5 Å². The predicted molar refractivity (Wildman–Crippen MR) is 70.5 cm³/mol. The van der Waals surface area contributed by atoms with Crippen LogP contribution in [0.1, 0.15) is 9.74 Å². The van der Waals surface area contributed by atoms with Crippen LogP contribution in [0.5, 0.6) is 0 Å². The van der Waals surface area contributed by atoms with Crippen LogP contribution in [0.3, 0.4) is 0 Å². The molecule has 0 aliphatic carbocycles. The third-order valence-electron chi connectivity index (χ3n) is 1.39. The van der Waals surface area contributed by atoms with Gasteiger partial charge in [0.15, 0.2) is 0 Å². The molecule has 74 valence electrons. The van der Waals surface area contributed by atoms with E-state index in [1.165, 1.54) is 6.20 Å². The third kappa shape index (κ3) is 3.75. The van der Waals surface area contributed by atoms with Crippen LogP contribution in [0.25, 0.3) is 0 Å². The molecule has 1 unspecified atom stereocenters. The molecule has 3 nitrogen and oxygen atoms in total. The second kappa shape index (κ2) is 6.13. The number of aromatic nitrogens is 1. The van der Waals surface area contributed by atoms with Crippen molar-refractivity contribution in [2.24, 2.45) is 10.7 Å². The first-order chi connectivity index (χ1) is 6.74. The lowest BCUT2D eigenvalue weighted by Crippen LogP contribution is -1.91. The first-order valence-corrected chi connectivity index (χ1v) is 5.94. The minimum Gasteiger partial charge on any atom is -0.405 e. The van der Waals surface area contributed by atoms with Crippen molar-refractivity contribution < 1.29 is 0 Å². The summed E-state index contributed by atoms with van der Waals surface area (Å²) in [6.45, 7) is 0. The van der Waals surface area contributed by atoms with Gasteiger partial charge in [0.1, 0.15) is 8.65 Å². The van der Waals surface area contributed by atoms with E-state index in [0.29, 0.717) is 0 Å². The Morgan fingerprint density at radius 1 is 1.57 bits per heavy atom. The maximum Gasteiger partial charge on any atom is 0.143 e. The van der Waals surface area contributed by atoms with Gasteiger partial charge in [0.2, 0.25) is 0 Å². The van der Waals surface area contributed by atoms with Gasteiger partial charge in [-0.25, -0.2) is 4.98 Å². The number of allylic oxidation sites excluding steroid dienone is 1. The van der Waals surface area contributed by atoms with E-state index >= 15 is 0 Å². The second-order valence-corrected chi connectivity index (χ2v) is 4.40. The Morgan fingerprint density at radius 2 is 2.36 bits per heavy atom. The Labute approximate surface area is 105 Å². The quantitative estimate of drug-likeness (QED) is 0.294. The zero-order valence-corrected chi connectivity index (χ0v) is 11.0. The SMILES string of the molecule is N/C=C\C=NC(I)c1cccc(Br)n1. The zero-order valence-electron chi connectivity index (χ0n) is 7.27. The maximum absolute atomic E-state index is 5.18. The molecule has 1 aromatic heterocycles. The number of hydrogen-bond acceptors (Lipinski definition) is 3. The first-order valence-electron chi connectivity index (χ1n) is 3.90. The van der Waals surface area contributed by atoms with E-state index in [9.17, 15) is 0 Å². The maximum atomic E-state index is 5.18. The van der Waals surface area contributed by atoms with Crippen molar-refractivity contribution in [2.45, 2.75) is 4.05 Å². The molecule has 0 radical (unpaired) electrons. The normalized spacial score (nSPS) is 13.9. The molecule has 1 atom stereocenters. The van der Waals surface area contributed by atoms with Gasteiger partial charge in [-0.3, -0.25) is 4.99 Å². The van der Waals surface area contributed by atoms with Gasteiger partial charge in [-0.2, -0.15) is 0 Å². The summed E-state index contributed by atoms with van der Waals surface area (Å²) in [5, 5.41) is 0. The van der Waals surface area contributed by atoms with Crippen LogP contribution in [0.15, 0.2) is 40.1 Å². The average Bonchev–Trinajstić information content (AvgIpc) is 2.18. The highest BCUT2D eigenvalue weighted by molar-refractivity contribution is 14.1. The molecule has 5 heteroatoms. The number of halogens is 2. The lowest BCUT2D eigenvalue weighted by Gasteiger charge is -2.02. The number of rotatable bonds is 3. The molecule has 1 rings (SSSR count). The predicted octanol–water partition coefficient (Wildman–Crippen LogP) is 2.82. The summed E-state index contributed by atoms with van der Waals surface area (Å²) >= 11 is 5.52. The summed E-state index contributed by atoms with van der Waals surface area (Å²) in [5.74, 6) is 0. The first kappa shape index (κ1) is 11.6. The van der Waals surface area contributed by atoms with Gasteiger partial charge < -0.3 is 5.73 Å². The van der Waals surface area contributed by atoms with Crippen LogP contribution >= 0.6 is 38.5 Å². The molecule has 0 amide bonds. The van der Waals surface area contributed by atoms with Crippen molar-refractivity contribution in [3.05, 3.63) is 40.8 Å². The van der Waals surface area contributed by atoms with Crippen molar-refractivity contribution in [2.75, 3.05) is 0 Å². The number of hydrogen-bond donors (Lipinski definition) is 1. The molecule has 0 aromatic carbocycles. The van der Waals surface area contributed by atoms with E-state index in [-0.39, 0.29) is 4.05 Å². The van der Waals surface area contributed by atoms with E-state index in [0.717, 1.165) is 10.3 Å². The van der Waals surface area contributed by atoms with E-state index < -0.39 is 0 Å². The molecule has 0 saturated carbocycles. The fourth-order valence-corrected chi connectivity index (χ4v) is 1.70. The number of alkyl halides is 1. The van der Waals surface area contributed by atoms with E-state index in [1.807, 2.05) is 18.2 Å². The summed E-state index contributed by atoms with van der Waals surface area (Å²) in [7, 11) is 0. The molecule has 0 aliphatic heterocycles. The Balaban J connectivity index is 2.74. The van der Waals surface area contributed by atoms with Crippen molar-refractivity contribution >= 4 is 44.7 Å². The van der Waals surface area contributed by atoms with Gasteiger partial charge in [-0.05, 0) is 62.9 Å². The summed E-state index contributed by atoms with van der Waals surface area (Å²) in [6, 6.07) is 5.76. The van der Waals surface area contributed by atoms with Crippen LogP contribution in [-0.2, 0) is 0 Å². The average molecular weight is 366 g/mol. The highest BCUT2D eigenvalue weighted by Gasteiger charge is 2.04. The minimum absolute atomic E-state index is 0.0151. The third-order valence-corrected chi connectivity index (χ3v) is 2.80. The Kier molecular flexibility index (Phi) is 5.10. The van der Waals surface area contributed by atoms with Crippen LogP contribution in [0, 0.1) is 0 Å². The topological polar surface area (TPSA) is 51.3 Å². The van der Waals surface area contributed by atoms with Crippen LogP contribution in [0.4, 0.5) is 0 Å². The fraction of sp³-hybridized carbons (Fsp3) is 0.111. The Bertz CT molecular complexity index is 352. The molecular formula is C9H9BrIN3. The lowest BCUT2D eigenvalue weighted by atomic mass is 10.3. The minimum atomic E-state index is 0.0151. The van der Waals surface area contributed by atoms with Crippen LogP contribution in [0.2, 0.25) is 0 Å². The number of nitrogens with two attached hydrogens (primary N) is 1. The van der Waals surface area contributed by atoms with Crippen molar-refractivity contribution in [1.82, 2.24) is 4.98 Å². The van der Waals surface area contributed by atoms with Gasteiger partial charge >= 0.3 is 0 Å². The summed E-state index contributed by atoms with van der Waals surface area (Å²) in [5.41, 5.74) is 6.10. The van der Waals surface area contributed by atoms with E-state index in [1.54, 1.807) is 12.3 Å². The number of pyridine rings is 1.